The minimum atomic E-state index is -0.416. The van der Waals surface area contributed by atoms with E-state index in [0.29, 0.717) is 17.3 Å². The van der Waals surface area contributed by atoms with E-state index >= 15 is 0 Å². The smallest absolute Gasteiger partial charge is 0.269 e. The molecule has 0 aliphatic carbocycles. The largest absolute Gasteiger partial charge is 0.421 e. The molecule has 0 saturated heterocycles. The van der Waals surface area contributed by atoms with Gasteiger partial charge in [0.1, 0.15) is 0 Å². The lowest BCUT2D eigenvalue weighted by molar-refractivity contribution is -0.121. The molecule has 2 amide bonds. The predicted octanol–water partition coefficient (Wildman–Crippen LogP) is 1.83. The summed E-state index contributed by atoms with van der Waals surface area (Å²) >= 11 is 0. The van der Waals surface area contributed by atoms with Gasteiger partial charge < -0.3 is 4.42 Å². The lowest BCUT2D eigenvalue weighted by Gasteiger charge is -2.06. The van der Waals surface area contributed by atoms with Crippen LogP contribution in [0.15, 0.2) is 53.2 Å². The lowest BCUT2D eigenvalue weighted by atomic mass is 10.1. The molecule has 2 aromatic heterocycles. The van der Waals surface area contributed by atoms with Crippen LogP contribution in [0.25, 0.3) is 11.5 Å². The second-order valence-corrected chi connectivity index (χ2v) is 5.61. The average molecular weight is 351 g/mol. The SMILES string of the molecule is Cc1ccc(-c2nnc(CCC(=O)NNC(=O)c3ccncc3)o2)cc1. The number of rotatable bonds is 5. The van der Waals surface area contributed by atoms with Crippen molar-refractivity contribution in [2.75, 3.05) is 0 Å². The number of aryl methyl sites for hydroxylation is 2. The third-order valence-corrected chi connectivity index (χ3v) is 3.59. The van der Waals surface area contributed by atoms with Crippen LogP contribution in [0.2, 0.25) is 0 Å². The fourth-order valence-electron chi connectivity index (χ4n) is 2.15. The number of hydrogen-bond acceptors (Lipinski definition) is 6. The van der Waals surface area contributed by atoms with Gasteiger partial charge in [0.15, 0.2) is 0 Å². The molecule has 0 aliphatic rings. The van der Waals surface area contributed by atoms with E-state index in [2.05, 4.69) is 26.0 Å². The van der Waals surface area contributed by atoms with Gasteiger partial charge in [-0.05, 0) is 31.2 Å². The van der Waals surface area contributed by atoms with Gasteiger partial charge in [0.05, 0.1) is 0 Å². The van der Waals surface area contributed by atoms with Crippen molar-refractivity contribution in [1.29, 1.82) is 0 Å². The van der Waals surface area contributed by atoms with Gasteiger partial charge in [-0.3, -0.25) is 25.4 Å². The molecule has 0 aliphatic heterocycles. The second kappa shape index (κ2) is 8.02. The summed E-state index contributed by atoms with van der Waals surface area (Å²) in [7, 11) is 0. The van der Waals surface area contributed by atoms with Crippen molar-refractivity contribution >= 4 is 11.8 Å². The van der Waals surface area contributed by atoms with Gasteiger partial charge in [-0.15, -0.1) is 10.2 Å². The molecule has 26 heavy (non-hydrogen) atoms. The highest BCUT2D eigenvalue weighted by Crippen LogP contribution is 2.18. The maximum absolute atomic E-state index is 11.8. The van der Waals surface area contributed by atoms with Gasteiger partial charge in [0, 0.05) is 36.4 Å². The highest BCUT2D eigenvalue weighted by molar-refractivity contribution is 5.95. The number of nitrogens with zero attached hydrogens (tertiary/aromatic N) is 3. The van der Waals surface area contributed by atoms with Crippen LogP contribution in [0, 0.1) is 6.92 Å². The van der Waals surface area contributed by atoms with Crippen LogP contribution in [-0.4, -0.2) is 27.0 Å². The van der Waals surface area contributed by atoms with E-state index in [-0.39, 0.29) is 18.7 Å². The van der Waals surface area contributed by atoms with Gasteiger partial charge in [0.25, 0.3) is 5.91 Å². The summed E-state index contributed by atoms with van der Waals surface area (Å²) in [5, 5.41) is 7.92. The van der Waals surface area contributed by atoms with Crippen LogP contribution in [0.3, 0.4) is 0 Å². The number of amides is 2. The Morgan fingerprint density at radius 3 is 2.46 bits per heavy atom. The summed E-state index contributed by atoms with van der Waals surface area (Å²) in [6.45, 7) is 2.00. The minimum absolute atomic E-state index is 0.103. The Morgan fingerprint density at radius 2 is 1.73 bits per heavy atom. The first kappa shape index (κ1) is 17.3. The topological polar surface area (TPSA) is 110 Å². The van der Waals surface area contributed by atoms with Gasteiger partial charge in [-0.1, -0.05) is 17.7 Å². The third-order valence-electron chi connectivity index (χ3n) is 3.59. The predicted molar refractivity (Wildman–Crippen MR) is 92.6 cm³/mol. The van der Waals surface area contributed by atoms with E-state index in [1.807, 2.05) is 31.2 Å². The number of aromatic nitrogens is 3. The van der Waals surface area contributed by atoms with Crippen molar-refractivity contribution in [3.05, 3.63) is 65.8 Å². The summed E-state index contributed by atoms with van der Waals surface area (Å²) in [6, 6.07) is 10.8. The number of carbonyl (C=O) groups excluding carboxylic acids is 2. The molecule has 8 nitrogen and oxygen atoms in total. The van der Waals surface area contributed by atoms with Crippen molar-refractivity contribution in [1.82, 2.24) is 26.0 Å². The normalized spacial score (nSPS) is 10.3. The lowest BCUT2D eigenvalue weighted by Crippen LogP contribution is -2.41. The molecule has 132 valence electrons. The van der Waals surface area contributed by atoms with E-state index in [9.17, 15) is 9.59 Å². The first-order valence-electron chi connectivity index (χ1n) is 8.00. The Morgan fingerprint density at radius 1 is 1.00 bits per heavy atom. The van der Waals surface area contributed by atoms with Crippen LogP contribution in [0.5, 0.6) is 0 Å². The van der Waals surface area contributed by atoms with Gasteiger partial charge in [0.2, 0.25) is 17.7 Å². The van der Waals surface area contributed by atoms with Crippen molar-refractivity contribution in [3.63, 3.8) is 0 Å². The van der Waals surface area contributed by atoms with E-state index in [4.69, 9.17) is 4.42 Å². The van der Waals surface area contributed by atoms with E-state index in [1.54, 1.807) is 12.1 Å². The molecular weight excluding hydrogens is 334 g/mol. The number of pyridine rings is 1. The Bertz CT molecular complexity index is 891. The molecule has 1 aromatic carbocycles. The van der Waals surface area contributed by atoms with Crippen molar-refractivity contribution in [3.8, 4) is 11.5 Å². The summed E-state index contributed by atoms with van der Waals surface area (Å²) < 4.78 is 5.56. The molecule has 8 heteroatoms. The van der Waals surface area contributed by atoms with Crippen LogP contribution in [0.1, 0.15) is 28.2 Å². The fourth-order valence-corrected chi connectivity index (χ4v) is 2.15. The molecule has 0 spiro atoms. The molecule has 0 bridgehead atoms. The Hall–Kier alpha value is -3.55. The van der Waals surface area contributed by atoms with E-state index < -0.39 is 5.91 Å². The molecule has 2 heterocycles. The number of hydrazine groups is 1. The standard InChI is InChI=1S/C18H17N5O3/c1-12-2-4-14(5-3-12)18-23-21-16(26-18)7-6-15(24)20-22-17(25)13-8-10-19-11-9-13/h2-5,8-11H,6-7H2,1H3,(H,20,24)(H,22,25). The van der Waals surface area contributed by atoms with E-state index in [0.717, 1.165) is 11.1 Å². The van der Waals surface area contributed by atoms with Crippen molar-refractivity contribution in [2.24, 2.45) is 0 Å². The highest BCUT2D eigenvalue weighted by Gasteiger charge is 2.11. The first-order chi connectivity index (χ1) is 12.6. The molecule has 0 unspecified atom stereocenters. The minimum Gasteiger partial charge on any atom is -0.421 e. The van der Waals surface area contributed by atoms with Crippen LogP contribution in [0.4, 0.5) is 0 Å². The van der Waals surface area contributed by atoms with Crippen LogP contribution in [-0.2, 0) is 11.2 Å². The zero-order valence-electron chi connectivity index (χ0n) is 14.1. The first-order valence-corrected chi connectivity index (χ1v) is 8.00. The van der Waals surface area contributed by atoms with Crippen molar-refractivity contribution < 1.29 is 14.0 Å². The fraction of sp³-hybridized carbons (Fsp3) is 0.167. The van der Waals surface area contributed by atoms with Crippen LogP contribution < -0.4 is 10.9 Å². The second-order valence-electron chi connectivity index (χ2n) is 5.61. The summed E-state index contributed by atoms with van der Waals surface area (Å²) in [5.41, 5.74) is 7.05. The number of benzene rings is 1. The third kappa shape index (κ3) is 4.50. The van der Waals surface area contributed by atoms with Crippen LogP contribution >= 0.6 is 0 Å². The molecule has 0 atom stereocenters. The summed E-state index contributed by atoms with van der Waals surface area (Å²) in [6.07, 6.45) is 3.37. The van der Waals surface area contributed by atoms with Gasteiger partial charge >= 0.3 is 0 Å². The Labute approximate surface area is 149 Å². The molecule has 3 rings (SSSR count). The maximum Gasteiger partial charge on any atom is 0.269 e. The molecule has 0 saturated carbocycles. The Balaban J connectivity index is 1.47. The summed E-state index contributed by atoms with van der Waals surface area (Å²) in [4.78, 5) is 27.5. The number of hydrogen-bond donors (Lipinski definition) is 2. The summed E-state index contributed by atoms with van der Waals surface area (Å²) in [5.74, 6) is -0.00901. The molecule has 0 fully saturated rings. The molecular formula is C18H17N5O3. The van der Waals surface area contributed by atoms with Gasteiger partial charge in [-0.25, -0.2) is 0 Å². The number of nitrogens with one attached hydrogen (secondary N) is 2. The monoisotopic (exact) mass is 351 g/mol. The maximum atomic E-state index is 11.8. The molecule has 2 N–H and O–H groups in total. The zero-order chi connectivity index (χ0) is 18.4. The van der Waals surface area contributed by atoms with Gasteiger partial charge in [-0.2, -0.15) is 0 Å². The average Bonchev–Trinajstić information content (AvgIpc) is 3.14. The Kier molecular flexibility index (Phi) is 5.33. The molecule has 3 aromatic rings. The number of carbonyl (C=O) groups is 2. The quantitative estimate of drug-likeness (QED) is 0.679. The van der Waals surface area contributed by atoms with Crippen molar-refractivity contribution in [2.45, 2.75) is 19.8 Å². The highest BCUT2D eigenvalue weighted by atomic mass is 16.4. The molecule has 0 radical (unpaired) electrons. The zero-order valence-corrected chi connectivity index (χ0v) is 14.1. The van der Waals surface area contributed by atoms with E-state index in [1.165, 1.54) is 12.4 Å².